The van der Waals surface area contributed by atoms with E-state index in [1.54, 1.807) is 0 Å². The summed E-state index contributed by atoms with van der Waals surface area (Å²) in [6, 6.07) is 0. The molecule has 40 valence electrons. The molecular weight excluding hydrogens is 487 g/mol. The minimum atomic E-state index is 0. The molecule has 0 aliphatic rings. The van der Waals surface area contributed by atoms with Gasteiger partial charge < -0.3 is 84.9 Å². The zero-order valence-corrected chi connectivity index (χ0v) is 14.0. The summed E-state index contributed by atoms with van der Waals surface area (Å²) < 4.78 is 0. The number of hydrogen-bond acceptors (Lipinski definition) is 0. The monoisotopic (exact) mass is 482 g/mol. The van der Waals surface area contributed by atoms with Crippen molar-refractivity contribution >= 4 is 45.5 Å². The van der Waals surface area contributed by atoms with Gasteiger partial charge in [0.1, 0.15) is 0 Å². The van der Waals surface area contributed by atoms with Crippen molar-refractivity contribution in [2.24, 2.45) is 0 Å². The minimum Gasteiger partial charge on any atom is -1.00 e. The fraction of sp³-hybridized carbons (Fsp3) is 0. The number of hydrogen-bond donors (Lipinski definition) is 0. The van der Waals surface area contributed by atoms with Gasteiger partial charge in [-0.2, -0.15) is 0 Å². The van der Waals surface area contributed by atoms with Crippen LogP contribution in [0.3, 0.4) is 0 Å². The van der Waals surface area contributed by atoms with E-state index in [1.807, 2.05) is 0 Å². The number of rotatable bonds is 0. The van der Waals surface area contributed by atoms with Crippen LogP contribution in [0.15, 0.2) is 0 Å². The second-order valence-electron chi connectivity index (χ2n) is 0. The first kappa shape index (κ1) is 51.7. The molecule has 0 heterocycles. The Morgan fingerprint density at radius 1 is 0.333 bits per heavy atom. The fourth-order valence-electron chi connectivity index (χ4n) is 0. The van der Waals surface area contributed by atoms with Crippen LogP contribution in [0.25, 0.3) is 0 Å². The molecule has 0 nitrogen and oxygen atoms in total. The van der Waals surface area contributed by atoms with Gasteiger partial charge >= 0.3 is 45.5 Å². The summed E-state index contributed by atoms with van der Waals surface area (Å²) in [5, 5.41) is 0. The Labute approximate surface area is 127 Å². The molecule has 0 saturated heterocycles. The molecule has 0 aliphatic heterocycles. The molecule has 0 N–H and O–H groups in total. The van der Waals surface area contributed by atoms with Crippen molar-refractivity contribution in [1.29, 1.82) is 0 Å². The van der Waals surface area contributed by atoms with Gasteiger partial charge in [0.05, 0.1) is 0 Å². The molecule has 0 aromatic heterocycles. The predicted octanol–water partition coefficient (Wildman–Crippen LogP) is -15.4. The summed E-state index contributed by atoms with van der Waals surface area (Å²) in [5.41, 5.74) is 0. The first-order chi connectivity index (χ1) is 0. The molecule has 0 bridgehead atoms. The largest absolute Gasteiger partial charge is 2.00 e. The molecule has 0 saturated carbocycles. The van der Waals surface area contributed by atoms with E-state index in [9.17, 15) is 0 Å². The second kappa shape index (κ2) is 36.6. The van der Waals surface area contributed by atoms with E-state index >= 15 is 0 Å². The van der Waals surface area contributed by atoms with Crippen molar-refractivity contribution in [1.82, 2.24) is 0 Å². The Morgan fingerprint density at radius 3 is 0.333 bits per heavy atom. The van der Waals surface area contributed by atoms with Crippen molar-refractivity contribution in [2.45, 2.75) is 0 Å². The topological polar surface area (TPSA) is 0 Å². The molecule has 0 spiro atoms. The van der Waals surface area contributed by atoms with E-state index < -0.39 is 0 Å². The van der Waals surface area contributed by atoms with Crippen LogP contribution >= 0.6 is 0 Å². The molecule has 0 aromatic rings. The third-order valence-electron chi connectivity index (χ3n) is 0. The van der Waals surface area contributed by atoms with Crippen LogP contribution < -0.4 is 84.9 Å². The van der Waals surface area contributed by atoms with Gasteiger partial charge in [-0.05, 0) is 0 Å². The van der Waals surface area contributed by atoms with E-state index in [0.717, 1.165) is 0 Å². The van der Waals surface area contributed by atoms with Gasteiger partial charge in [-0.25, -0.2) is 0 Å². The van der Waals surface area contributed by atoms with Crippen LogP contribution in [-0.2, 0) is 0 Å². The smallest absolute Gasteiger partial charge is 1.00 e. The molecule has 6 heteroatoms. The summed E-state index contributed by atoms with van der Waals surface area (Å²) in [7, 11) is 0. The van der Waals surface area contributed by atoms with Gasteiger partial charge in [-0.3, -0.25) is 0 Å². The van der Waals surface area contributed by atoms with E-state index in [0.29, 0.717) is 0 Å². The summed E-state index contributed by atoms with van der Waals surface area (Å²) in [5.74, 6) is 0. The third-order valence-corrected chi connectivity index (χ3v) is 0. The van der Waals surface area contributed by atoms with Crippen LogP contribution in [0, 0.1) is 0 Å². The number of halogens is 5. The quantitative estimate of drug-likeness (QED) is 0.298. The molecule has 0 aromatic carbocycles. The van der Waals surface area contributed by atoms with Gasteiger partial charge in [0.15, 0.2) is 0 Å². The normalized spacial score (nSPS) is 0. The van der Waals surface area contributed by atoms with Gasteiger partial charge in [-0.15, -0.1) is 0 Å². The van der Waals surface area contributed by atoms with Crippen LogP contribution in [0.5, 0.6) is 0 Å². The third kappa shape index (κ3) is 24.8. The fourth-order valence-corrected chi connectivity index (χ4v) is 0. The van der Waals surface area contributed by atoms with Crippen molar-refractivity contribution in [3.05, 3.63) is 0 Å². The summed E-state index contributed by atoms with van der Waals surface area (Å²) in [6.07, 6.45) is 0. The van der Waals surface area contributed by atoms with Crippen molar-refractivity contribution in [2.75, 3.05) is 0 Å². The van der Waals surface area contributed by atoms with Crippen molar-refractivity contribution < 1.29 is 84.9 Å². The van der Waals surface area contributed by atoms with E-state index in [2.05, 4.69) is 0 Å². The average Bonchev–Trinajstić information content (AvgIpc) is 0. The SMILES string of the molecule is [Br-].[Br-].[Br-].[Br-].[Br-].[Sr+2]. The van der Waals surface area contributed by atoms with Crippen molar-refractivity contribution in [3.63, 3.8) is 0 Å². The first-order valence-corrected chi connectivity index (χ1v) is 0. The Balaban J connectivity index is 0. The van der Waals surface area contributed by atoms with Crippen molar-refractivity contribution in [3.8, 4) is 0 Å². The van der Waals surface area contributed by atoms with E-state index in [1.165, 1.54) is 0 Å². The molecule has 0 aliphatic carbocycles. The van der Waals surface area contributed by atoms with Crippen LogP contribution in [-0.4, -0.2) is 45.5 Å². The molecule has 0 rings (SSSR count). The standard InChI is InChI=1S/5BrH.Sr/h5*1H;/q;;;;;+2/p-5. The molecular formula is Br5Sr-3. The van der Waals surface area contributed by atoms with Crippen LogP contribution in [0.1, 0.15) is 0 Å². The van der Waals surface area contributed by atoms with Gasteiger partial charge in [-0.1, -0.05) is 0 Å². The molecule has 0 fully saturated rings. The molecule has 0 unspecified atom stereocenters. The first-order valence-electron chi connectivity index (χ1n) is 0. The van der Waals surface area contributed by atoms with Gasteiger partial charge in [0, 0.05) is 0 Å². The second-order valence-corrected chi connectivity index (χ2v) is 0. The predicted molar refractivity (Wildman–Crippen MR) is 5.75 cm³/mol. The van der Waals surface area contributed by atoms with Crippen LogP contribution in [0.4, 0.5) is 0 Å². The van der Waals surface area contributed by atoms with E-state index in [-0.39, 0.29) is 130 Å². The zero-order valence-electron chi connectivity index (χ0n) is 2.60. The van der Waals surface area contributed by atoms with E-state index in [4.69, 9.17) is 0 Å². The summed E-state index contributed by atoms with van der Waals surface area (Å²) >= 11 is 0. The zero-order chi connectivity index (χ0) is 0. The maximum absolute atomic E-state index is 0. The molecule has 0 amide bonds. The maximum atomic E-state index is 0. The molecule has 6 heavy (non-hydrogen) atoms. The van der Waals surface area contributed by atoms with Gasteiger partial charge in [0.25, 0.3) is 0 Å². The van der Waals surface area contributed by atoms with Crippen LogP contribution in [0.2, 0.25) is 0 Å². The average molecular weight is 487 g/mol. The molecule has 0 radical (unpaired) electrons. The Hall–Kier alpha value is 3.88. The Kier molecular flexibility index (Phi) is 316. The van der Waals surface area contributed by atoms with Gasteiger partial charge in [0.2, 0.25) is 0 Å². The maximum Gasteiger partial charge on any atom is 2.00 e. The Morgan fingerprint density at radius 2 is 0.333 bits per heavy atom. The minimum absolute atomic E-state index is 0. The molecule has 0 atom stereocenters. The Bertz CT molecular complexity index is 3.90. The summed E-state index contributed by atoms with van der Waals surface area (Å²) in [6.45, 7) is 0. The summed E-state index contributed by atoms with van der Waals surface area (Å²) in [4.78, 5) is 0.